The topological polar surface area (TPSA) is 55.9 Å². The molecule has 0 spiro atoms. The van der Waals surface area contributed by atoms with Gasteiger partial charge in [0, 0.05) is 12.7 Å². The molecule has 1 heterocycles. The van der Waals surface area contributed by atoms with Gasteiger partial charge in [-0.15, -0.1) is 0 Å². The van der Waals surface area contributed by atoms with Crippen LogP contribution in [0.2, 0.25) is 0 Å². The predicted molar refractivity (Wildman–Crippen MR) is 77.6 cm³/mol. The number of nitrogens with zero attached hydrogens (tertiary/aromatic N) is 2. The van der Waals surface area contributed by atoms with Crippen LogP contribution in [-0.2, 0) is 13.0 Å². The van der Waals surface area contributed by atoms with Crippen molar-refractivity contribution in [3.8, 4) is 0 Å². The summed E-state index contributed by atoms with van der Waals surface area (Å²) in [6, 6.07) is 6.59. The van der Waals surface area contributed by atoms with E-state index in [9.17, 15) is 0 Å². The van der Waals surface area contributed by atoms with Gasteiger partial charge in [-0.3, -0.25) is 16.0 Å². The van der Waals surface area contributed by atoms with Gasteiger partial charge in [0.2, 0.25) is 0 Å². The Hall–Kier alpha value is -1.65. The van der Waals surface area contributed by atoms with E-state index < -0.39 is 0 Å². The molecule has 102 valence electrons. The first-order valence-corrected chi connectivity index (χ1v) is 6.68. The van der Waals surface area contributed by atoms with Crippen LogP contribution in [0.15, 0.2) is 30.6 Å². The zero-order valence-electron chi connectivity index (χ0n) is 11.9. The van der Waals surface area contributed by atoms with Gasteiger partial charge in [-0.05, 0) is 43.9 Å². The summed E-state index contributed by atoms with van der Waals surface area (Å²) >= 11 is 0. The third-order valence-corrected chi connectivity index (χ3v) is 3.46. The first kappa shape index (κ1) is 13.8. The molecule has 19 heavy (non-hydrogen) atoms. The van der Waals surface area contributed by atoms with E-state index >= 15 is 0 Å². The molecule has 0 amide bonds. The molecule has 2 rings (SSSR count). The Kier molecular flexibility index (Phi) is 4.35. The van der Waals surface area contributed by atoms with E-state index in [4.69, 9.17) is 5.84 Å². The van der Waals surface area contributed by atoms with Crippen LogP contribution in [0.25, 0.3) is 0 Å². The monoisotopic (exact) mass is 258 g/mol. The van der Waals surface area contributed by atoms with Crippen molar-refractivity contribution in [3.63, 3.8) is 0 Å². The highest BCUT2D eigenvalue weighted by Crippen LogP contribution is 2.22. The maximum absolute atomic E-state index is 5.73. The Morgan fingerprint density at radius 3 is 2.79 bits per heavy atom. The van der Waals surface area contributed by atoms with Crippen LogP contribution in [0.3, 0.4) is 0 Å². The van der Waals surface area contributed by atoms with Gasteiger partial charge >= 0.3 is 0 Å². The summed E-state index contributed by atoms with van der Waals surface area (Å²) < 4.78 is 1.94. The summed E-state index contributed by atoms with van der Waals surface area (Å²) in [6.07, 6.45) is 4.84. The minimum absolute atomic E-state index is 0.120. The van der Waals surface area contributed by atoms with Gasteiger partial charge < -0.3 is 0 Å². The SMILES string of the molecule is CCn1cc(CC(NN)c2cc(C)ccc2C)cn1. The minimum atomic E-state index is 0.120. The van der Waals surface area contributed by atoms with Crippen molar-refractivity contribution in [1.29, 1.82) is 0 Å². The number of hydrogen-bond acceptors (Lipinski definition) is 3. The van der Waals surface area contributed by atoms with Gasteiger partial charge in [-0.2, -0.15) is 5.10 Å². The normalized spacial score (nSPS) is 12.6. The van der Waals surface area contributed by atoms with Crippen LogP contribution >= 0.6 is 0 Å². The quantitative estimate of drug-likeness (QED) is 0.639. The van der Waals surface area contributed by atoms with Crippen molar-refractivity contribution in [2.24, 2.45) is 5.84 Å². The van der Waals surface area contributed by atoms with E-state index in [1.807, 2.05) is 10.9 Å². The lowest BCUT2D eigenvalue weighted by molar-refractivity contribution is 0.548. The lowest BCUT2D eigenvalue weighted by Crippen LogP contribution is -2.30. The fourth-order valence-electron chi connectivity index (χ4n) is 2.31. The zero-order valence-corrected chi connectivity index (χ0v) is 11.9. The molecule has 1 unspecified atom stereocenters. The molecule has 0 aliphatic carbocycles. The molecule has 0 fully saturated rings. The maximum atomic E-state index is 5.73. The Labute approximate surface area is 114 Å². The summed E-state index contributed by atoms with van der Waals surface area (Å²) in [5, 5.41) is 4.30. The van der Waals surface area contributed by atoms with Gasteiger partial charge in [0.05, 0.1) is 12.2 Å². The molecule has 2 aromatic rings. The van der Waals surface area contributed by atoms with Crippen LogP contribution in [0.5, 0.6) is 0 Å². The average Bonchev–Trinajstić information content (AvgIpc) is 2.87. The second kappa shape index (κ2) is 5.99. The number of benzene rings is 1. The molecule has 4 nitrogen and oxygen atoms in total. The van der Waals surface area contributed by atoms with Crippen molar-refractivity contribution in [2.75, 3.05) is 0 Å². The first-order valence-electron chi connectivity index (χ1n) is 6.68. The fraction of sp³-hybridized carbons (Fsp3) is 0.400. The molecule has 0 saturated heterocycles. The minimum Gasteiger partial charge on any atom is -0.273 e. The smallest absolute Gasteiger partial charge is 0.0522 e. The molecule has 0 saturated carbocycles. The van der Waals surface area contributed by atoms with Gasteiger partial charge in [0.1, 0.15) is 0 Å². The highest BCUT2D eigenvalue weighted by Gasteiger charge is 2.14. The van der Waals surface area contributed by atoms with Gasteiger partial charge in [0.25, 0.3) is 0 Å². The van der Waals surface area contributed by atoms with Crippen molar-refractivity contribution >= 4 is 0 Å². The first-order chi connectivity index (χ1) is 9.13. The van der Waals surface area contributed by atoms with Crippen LogP contribution in [0.4, 0.5) is 0 Å². The van der Waals surface area contributed by atoms with Crippen LogP contribution in [0.1, 0.15) is 35.2 Å². The van der Waals surface area contributed by atoms with Crippen LogP contribution < -0.4 is 11.3 Å². The summed E-state index contributed by atoms with van der Waals surface area (Å²) in [5.41, 5.74) is 7.90. The third-order valence-electron chi connectivity index (χ3n) is 3.46. The van der Waals surface area contributed by atoms with Gasteiger partial charge in [-0.25, -0.2) is 0 Å². The predicted octanol–water partition coefficient (Wildman–Crippen LogP) is 2.27. The number of hydrazine groups is 1. The number of hydrogen-bond donors (Lipinski definition) is 2. The summed E-state index contributed by atoms with van der Waals surface area (Å²) in [6.45, 7) is 7.20. The molecule has 0 aliphatic heterocycles. The molecule has 0 bridgehead atoms. The Balaban J connectivity index is 2.22. The maximum Gasteiger partial charge on any atom is 0.0522 e. The van der Waals surface area contributed by atoms with Gasteiger partial charge in [-0.1, -0.05) is 23.8 Å². The van der Waals surface area contributed by atoms with Gasteiger partial charge in [0.15, 0.2) is 0 Å². The molecule has 4 heteroatoms. The number of aromatic nitrogens is 2. The van der Waals surface area contributed by atoms with E-state index in [1.54, 1.807) is 0 Å². The van der Waals surface area contributed by atoms with Crippen molar-refractivity contribution in [1.82, 2.24) is 15.2 Å². The second-order valence-electron chi connectivity index (χ2n) is 4.99. The lowest BCUT2D eigenvalue weighted by atomic mass is 9.95. The van der Waals surface area contributed by atoms with Crippen LogP contribution in [-0.4, -0.2) is 9.78 Å². The molecule has 1 aromatic heterocycles. The van der Waals surface area contributed by atoms with Crippen molar-refractivity contribution in [3.05, 3.63) is 52.8 Å². The van der Waals surface area contributed by atoms with Crippen LogP contribution in [0, 0.1) is 13.8 Å². The largest absolute Gasteiger partial charge is 0.273 e. The molecule has 1 atom stereocenters. The number of rotatable bonds is 5. The molecule has 0 aliphatic rings. The number of aryl methyl sites for hydroxylation is 3. The molecule has 3 N–H and O–H groups in total. The number of nitrogens with two attached hydrogens (primary N) is 1. The third kappa shape index (κ3) is 3.22. The van der Waals surface area contributed by atoms with E-state index in [0.29, 0.717) is 0 Å². The molecular weight excluding hydrogens is 236 g/mol. The molecular formula is C15H22N4. The zero-order chi connectivity index (χ0) is 13.8. The summed E-state index contributed by atoms with van der Waals surface area (Å²) in [7, 11) is 0. The lowest BCUT2D eigenvalue weighted by Gasteiger charge is -2.18. The highest BCUT2D eigenvalue weighted by molar-refractivity contribution is 5.33. The average molecular weight is 258 g/mol. The van der Waals surface area contributed by atoms with Crippen molar-refractivity contribution in [2.45, 2.75) is 39.8 Å². The Morgan fingerprint density at radius 2 is 2.16 bits per heavy atom. The Bertz CT molecular complexity index is 545. The highest BCUT2D eigenvalue weighted by atomic mass is 15.3. The molecule has 0 radical (unpaired) electrons. The van der Waals surface area contributed by atoms with E-state index in [-0.39, 0.29) is 6.04 Å². The van der Waals surface area contributed by atoms with Crippen molar-refractivity contribution < 1.29 is 0 Å². The Morgan fingerprint density at radius 1 is 1.37 bits per heavy atom. The fourth-order valence-corrected chi connectivity index (χ4v) is 2.31. The molecule has 1 aromatic carbocycles. The number of nitrogens with one attached hydrogen (secondary N) is 1. The standard InChI is InChI=1S/C15H22N4/c1-4-19-10-13(9-17-19)8-15(18-16)14-7-11(2)5-6-12(14)3/h5-7,9-10,15,18H,4,8,16H2,1-3H3. The summed E-state index contributed by atoms with van der Waals surface area (Å²) in [4.78, 5) is 0. The van der Waals surface area contributed by atoms with E-state index in [2.05, 4.69) is 55.7 Å². The summed E-state index contributed by atoms with van der Waals surface area (Å²) in [5.74, 6) is 5.73. The van der Waals surface area contributed by atoms with E-state index in [1.165, 1.54) is 22.3 Å². The van der Waals surface area contributed by atoms with E-state index in [0.717, 1.165) is 13.0 Å². The second-order valence-corrected chi connectivity index (χ2v) is 4.99.